The molecule has 0 spiro atoms. The lowest BCUT2D eigenvalue weighted by molar-refractivity contribution is -0.171. The van der Waals surface area contributed by atoms with E-state index in [0.29, 0.717) is 37.0 Å². The fourth-order valence-corrected chi connectivity index (χ4v) is 5.35. The molecular formula is C34H43N4O10P. The van der Waals surface area contributed by atoms with E-state index in [4.69, 9.17) is 23.8 Å². The van der Waals surface area contributed by atoms with Crippen molar-refractivity contribution in [1.82, 2.24) is 21.0 Å². The van der Waals surface area contributed by atoms with Gasteiger partial charge < -0.3 is 39.7 Å². The predicted octanol–water partition coefficient (Wildman–Crippen LogP) is 4.34. The summed E-state index contributed by atoms with van der Waals surface area (Å²) in [6.45, 7) is 5.59. The van der Waals surface area contributed by atoms with Crippen molar-refractivity contribution in [3.05, 3.63) is 77.6 Å². The van der Waals surface area contributed by atoms with Crippen molar-refractivity contribution in [3.8, 4) is 17.1 Å². The van der Waals surface area contributed by atoms with Gasteiger partial charge in [-0.25, -0.2) is 4.79 Å². The molecule has 1 heterocycles. The van der Waals surface area contributed by atoms with Gasteiger partial charge in [0.15, 0.2) is 14.1 Å². The second-order valence-electron chi connectivity index (χ2n) is 10.9. The van der Waals surface area contributed by atoms with Gasteiger partial charge >= 0.3 is 5.97 Å². The molecule has 15 heteroatoms. The van der Waals surface area contributed by atoms with Crippen molar-refractivity contribution < 1.29 is 47.8 Å². The van der Waals surface area contributed by atoms with Crippen LogP contribution in [0.25, 0.3) is 11.3 Å². The second kappa shape index (κ2) is 19.9. The Kier molecular flexibility index (Phi) is 15.7. The molecule has 1 aromatic heterocycles. The van der Waals surface area contributed by atoms with Gasteiger partial charge in [0.2, 0.25) is 12.3 Å². The third-order valence-corrected chi connectivity index (χ3v) is 7.94. The summed E-state index contributed by atoms with van der Waals surface area (Å²) in [5.74, 6) is -2.49. The lowest BCUT2D eigenvalue weighted by Gasteiger charge is -2.31. The zero-order valence-electron chi connectivity index (χ0n) is 27.7. The highest BCUT2D eigenvalue weighted by Gasteiger charge is 2.33. The molecule has 0 aliphatic carbocycles. The normalized spacial score (nSPS) is 12.0. The van der Waals surface area contributed by atoms with Gasteiger partial charge in [-0.05, 0) is 56.2 Å². The molecule has 0 fully saturated rings. The van der Waals surface area contributed by atoms with Gasteiger partial charge in [-0.2, -0.15) is 5.06 Å². The Balaban J connectivity index is 1.66. The van der Waals surface area contributed by atoms with E-state index in [9.17, 15) is 24.0 Å². The number of hydroxylamine groups is 2. The van der Waals surface area contributed by atoms with Crippen LogP contribution in [0.2, 0.25) is 0 Å². The lowest BCUT2D eigenvalue weighted by Crippen LogP contribution is -2.49. The molecule has 264 valence electrons. The molecule has 0 radical (unpaired) electrons. The third-order valence-electron chi connectivity index (χ3n) is 7.50. The molecule has 2 atom stereocenters. The first-order chi connectivity index (χ1) is 23.6. The molecule has 0 saturated carbocycles. The first-order valence-electron chi connectivity index (χ1n) is 16.0. The summed E-state index contributed by atoms with van der Waals surface area (Å²) in [6.07, 6.45) is 3.33. The van der Waals surface area contributed by atoms with Gasteiger partial charge in [0.25, 0.3) is 11.8 Å². The van der Waals surface area contributed by atoms with Crippen LogP contribution in [0.1, 0.15) is 84.1 Å². The number of nitrogens with one attached hydrogen (secondary N) is 3. The number of amides is 4. The first-order valence-corrected chi connectivity index (χ1v) is 17.4. The number of furan rings is 1. The van der Waals surface area contributed by atoms with E-state index in [1.54, 1.807) is 62.4 Å². The number of rotatable bonds is 20. The standard InChI is InChI=1S/C34H43N4O10P/c1-4-7-9-14-25(27(5-2)38(22-39)48-34(43)23-12-10-8-11-13-23)31(40)35-20-36-33(42)29-18-17-28(47-29)24-15-16-26(30(19-24)46-6-3)32(41)37-21-49(44)45/h8,10-13,15-19,22,25,27,44-45H,4-7,9,14,20-21H2,1-3H3,(H,35,40)(H,36,42)(H,37,41). The SMILES string of the molecule is CCCCCC(C(=O)NCNC(=O)c1ccc(-c2ccc(C(=O)NCP(O)O)c(OCC)c2)o1)C(CC)N(C=O)OC(=O)c1ccccc1. The lowest BCUT2D eigenvalue weighted by atomic mass is 9.90. The zero-order chi connectivity index (χ0) is 35.8. The molecule has 49 heavy (non-hydrogen) atoms. The second-order valence-corrected chi connectivity index (χ2v) is 11.9. The Labute approximate surface area is 286 Å². The minimum atomic E-state index is -2.30. The fourth-order valence-electron chi connectivity index (χ4n) is 5.07. The summed E-state index contributed by atoms with van der Waals surface area (Å²) in [7, 11) is -2.30. The van der Waals surface area contributed by atoms with Crippen molar-refractivity contribution in [2.24, 2.45) is 5.92 Å². The van der Waals surface area contributed by atoms with Crippen LogP contribution in [0.3, 0.4) is 0 Å². The van der Waals surface area contributed by atoms with Crippen LogP contribution in [0.5, 0.6) is 5.75 Å². The van der Waals surface area contributed by atoms with E-state index < -0.39 is 44.0 Å². The maximum absolute atomic E-state index is 13.4. The molecule has 0 saturated heterocycles. The van der Waals surface area contributed by atoms with E-state index in [-0.39, 0.29) is 42.2 Å². The molecule has 3 aromatic rings. The number of benzene rings is 2. The molecule has 14 nitrogen and oxygen atoms in total. The summed E-state index contributed by atoms with van der Waals surface area (Å²) < 4.78 is 11.4. The largest absolute Gasteiger partial charge is 0.493 e. The maximum Gasteiger partial charge on any atom is 0.363 e. The predicted molar refractivity (Wildman–Crippen MR) is 181 cm³/mol. The number of nitrogens with zero attached hydrogens (tertiary/aromatic N) is 1. The van der Waals surface area contributed by atoms with E-state index in [2.05, 4.69) is 16.0 Å². The molecule has 2 aromatic carbocycles. The van der Waals surface area contributed by atoms with Gasteiger partial charge in [-0.15, -0.1) is 0 Å². The monoisotopic (exact) mass is 698 g/mol. The Morgan fingerprint density at radius 3 is 2.35 bits per heavy atom. The van der Waals surface area contributed by atoms with Gasteiger partial charge in [-0.3, -0.25) is 19.2 Å². The van der Waals surface area contributed by atoms with Crippen molar-refractivity contribution in [2.75, 3.05) is 19.6 Å². The summed E-state index contributed by atoms with van der Waals surface area (Å²) in [5, 5.41) is 8.62. The summed E-state index contributed by atoms with van der Waals surface area (Å²) in [4.78, 5) is 87.2. The molecule has 5 N–H and O–H groups in total. The van der Waals surface area contributed by atoms with E-state index in [1.165, 1.54) is 12.1 Å². The molecule has 0 bridgehead atoms. The van der Waals surface area contributed by atoms with Crippen molar-refractivity contribution in [2.45, 2.75) is 58.9 Å². The Bertz CT molecular complexity index is 1550. The summed E-state index contributed by atoms with van der Waals surface area (Å²) in [6, 6.07) is 15.2. The van der Waals surface area contributed by atoms with Crippen LogP contribution in [0.15, 0.2) is 65.1 Å². The fraction of sp³-hybridized carbons (Fsp3) is 0.382. The van der Waals surface area contributed by atoms with Crippen LogP contribution in [0.4, 0.5) is 0 Å². The molecule has 0 aliphatic rings. The van der Waals surface area contributed by atoms with Crippen LogP contribution >= 0.6 is 8.38 Å². The third kappa shape index (κ3) is 11.4. The van der Waals surface area contributed by atoms with Crippen LogP contribution < -0.4 is 20.7 Å². The minimum Gasteiger partial charge on any atom is -0.493 e. The quantitative estimate of drug-likeness (QED) is 0.0372. The number of ether oxygens (including phenoxy) is 1. The van der Waals surface area contributed by atoms with Gasteiger partial charge in [0.05, 0.1) is 42.6 Å². The van der Waals surface area contributed by atoms with Gasteiger partial charge in [-0.1, -0.05) is 57.4 Å². The maximum atomic E-state index is 13.4. The Hall–Kier alpha value is -4.78. The highest BCUT2D eigenvalue weighted by Crippen LogP contribution is 2.30. The van der Waals surface area contributed by atoms with E-state index in [1.807, 2.05) is 6.92 Å². The van der Waals surface area contributed by atoms with Crippen molar-refractivity contribution in [3.63, 3.8) is 0 Å². The van der Waals surface area contributed by atoms with E-state index in [0.717, 1.165) is 17.9 Å². The summed E-state index contributed by atoms with van der Waals surface area (Å²) >= 11 is 0. The molecule has 3 rings (SSSR count). The molecule has 2 unspecified atom stereocenters. The highest BCUT2D eigenvalue weighted by molar-refractivity contribution is 7.45. The first kappa shape index (κ1) is 38.7. The molecule has 0 aliphatic heterocycles. The highest BCUT2D eigenvalue weighted by atomic mass is 31.2. The molecule has 4 amide bonds. The number of hydrogen-bond donors (Lipinski definition) is 5. The van der Waals surface area contributed by atoms with Gasteiger partial charge in [0, 0.05) is 5.56 Å². The van der Waals surface area contributed by atoms with Crippen LogP contribution in [-0.4, -0.2) is 70.6 Å². The Morgan fingerprint density at radius 2 is 1.69 bits per heavy atom. The average Bonchev–Trinajstić information content (AvgIpc) is 3.61. The topological polar surface area (TPSA) is 197 Å². The van der Waals surface area contributed by atoms with E-state index >= 15 is 0 Å². The smallest absolute Gasteiger partial charge is 0.363 e. The van der Waals surface area contributed by atoms with Crippen molar-refractivity contribution >= 4 is 38.5 Å². The zero-order valence-corrected chi connectivity index (χ0v) is 28.6. The van der Waals surface area contributed by atoms with Crippen molar-refractivity contribution in [1.29, 1.82) is 0 Å². The summed E-state index contributed by atoms with van der Waals surface area (Å²) in [5.41, 5.74) is 0.967. The van der Waals surface area contributed by atoms with Crippen LogP contribution in [0, 0.1) is 5.92 Å². The number of hydrogen-bond acceptors (Lipinski definition) is 10. The Morgan fingerprint density at radius 1 is 0.939 bits per heavy atom. The average molecular weight is 699 g/mol. The number of carbonyl (C=O) groups is 5. The van der Waals surface area contributed by atoms with Crippen LogP contribution in [-0.2, 0) is 14.4 Å². The van der Waals surface area contributed by atoms with Gasteiger partial charge in [0.1, 0.15) is 11.5 Å². The number of unbranched alkanes of at least 4 members (excludes halogenated alkanes) is 2. The minimum absolute atomic E-state index is 0.0332. The molecular weight excluding hydrogens is 655 g/mol. The number of carbonyl (C=O) groups excluding carboxylic acids is 5.